The molecule has 54 heavy (non-hydrogen) atoms. The maximum absolute atomic E-state index is 14.2. The Morgan fingerprint density at radius 1 is 0.852 bits per heavy atom. The molecule has 4 bridgehead atoms. The molecule has 3 fully saturated rings. The lowest BCUT2D eigenvalue weighted by molar-refractivity contribution is -0.386. The van der Waals surface area contributed by atoms with Crippen LogP contribution < -0.4 is 0 Å². The second kappa shape index (κ2) is 14.2. The first kappa shape index (κ1) is 40.5. The van der Waals surface area contributed by atoms with Crippen molar-refractivity contribution in [3.05, 3.63) is 29.6 Å². The Balaban J connectivity index is 1.96. The standard InChI is InChI=1S/C36H45NO17/c1-15-16(2)31(44)53-29-26(49-18(4)39)30(52-21(7)42)35(14-47-17(3)38)28(51-20(6)41)25(43)23-27(50-19(5)40)36(35,34(29,9)46)54-33(23,8)13-48-32(45)22-11-10-12-37-24(15)22/h10-12,15-16,23,25-30,43,46H,13-14H2,1-9H3/t15-,16+,23+,25+,26+,27-,28-,29-,30+,33+,34+,35+,36-/m1/s1. The highest BCUT2D eigenvalue weighted by Gasteiger charge is 2.91. The number of aliphatic hydroxyl groups excluding tert-OH is 1. The molecule has 5 rings (SSSR count). The van der Waals surface area contributed by atoms with Crippen molar-refractivity contribution in [2.24, 2.45) is 17.3 Å². The first-order chi connectivity index (χ1) is 25.1. The van der Waals surface area contributed by atoms with E-state index in [0.717, 1.165) is 41.5 Å². The van der Waals surface area contributed by atoms with Crippen molar-refractivity contribution in [3.8, 4) is 0 Å². The van der Waals surface area contributed by atoms with E-state index in [0.29, 0.717) is 0 Å². The van der Waals surface area contributed by atoms with Crippen LogP contribution in [0.15, 0.2) is 18.3 Å². The normalized spacial score (nSPS) is 39.8. The van der Waals surface area contributed by atoms with Gasteiger partial charge < -0.3 is 48.1 Å². The molecule has 1 aromatic heterocycles. The van der Waals surface area contributed by atoms with Crippen molar-refractivity contribution in [2.45, 2.75) is 122 Å². The summed E-state index contributed by atoms with van der Waals surface area (Å²) >= 11 is 0. The molecule has 2 N–H and O–H groups in total. The summed E-state index contributed by atoms with van der Waals surface area (Å²) in [5.74, 6) is -10.5. The summed E-state index contributed by atoms with van der Waals surface area (Å²) in [7, 11) is 0. The molecule has 13 atom stereocenters. The average molecular weight is 764 g/mol. The molecule has 0 radical (unpaired) electrons. The Morgan fingerprint density at radius 2 is 1.43 bits per heavy atom. The monoisotopic (exact) mass is 763 g/mol. The Hall–Kier alpha value is -4.68. The highest BCUT2D eigenvalue weighted by atomic mass is 16.7. The number of nitrogens with zero attached hydrogens (tertiary/aromatic N) is 1. The fraction of sp³-hybridized carbons (Fsp3) is 0.667. The quantitative estimate of drug-likeness (QED) is 0.295. The summed E-state index contributed by atoms with van der Waals surface area (Å²) in [5, 5.41) is 25.7. The molecule has 2 aliphatic carbocycles. The van der Waals surface area contributed by atoms with Gasteiger partial charge in [0.05, 0.1) is 23.1 Å². The molecule has 0 amide bonds. The minimum atomic E-state index is -2.78. The lowest BCUT2D eigenvalue weighted by atomic mass is 9.45. The number of hydrogen-bond acceptors (Lipinski definition) is 18. The largest absolute Gasteiger partial charge is 0.465 e. The molecule has 1 aromatic rings. The van der Waals surface area contributed by atoms with Gasteiger partial charge in [0.25, 0.3) is 0 Å². The van der Waals surface area contributed by atoms with Crippen LogP contribution in [0.5, 0.6) is 0 Å². The predicted molar refractivity (Wildman–Crippen MR) is 176 cm³/mol. The van der Waals surface area contributed by atoms with Crippen LogP contribution in [0.1, 0.15) is 84.3 Å². The molecule has 2 saturated carbocycles. The average Bonchev–Trinajstić information content (AvgIpc) is 3.30. The fourth-order valence-corrected chi connectivity index (χ4v) is 8.96. The smallest absolute Gasteiger partial charge is 0.340 e. The number of rotatable bonds is 6. The first-order valence-electron chi connectivity index (χ1n) is 17.3. The number of hydrogen-bond donors (Lipinski definition) is 2. The zero-order valence-electron chi connectivity index (χ0n) is 31.3. The zero-order valence-corrected chi connectivity index (χ0v) is 31.3. The number of pyridine rings is 1. The van der Waals surface area contributed by atoms with Gasteiger partial charge in [0, 0.05) is 46.7 Å². The van der Waals surface area contributed by atoms with Crippen molar-refractivity contribution < 1.29 is 81.7 Å². The van der Waals surface area contributed by atoms with Gasteiger partial charge in [0.1, 0.15) is 48.1 Å². The molecular formula is C36H45NO17. The molecule has 18 heteroatoms. The molecular weight excluding hydrogens is 718 g/mol. The number of ether oxygens (including phenoxy) is 8. The van der Waals surface area contributed by atoms with Crippen molar-refractivity contribution in [3.63, 3.8) is 0 Å². The fourth-order valence-electron chi connectivity index (χ4n) is 8.96. The summed E-state index contributed by atoms with van der Waals surface area (Å²) in [4.78, 5) is 97.0. The Kier molecular flexibility index (Phi) is 10.6. The van der Waals surface area contributed by atoms with E-state index < -0.39 is 132 Å². The summed E-state index contributed by atoms with van der Waals surface area (Å²) in [6.07, 6.45) is -10.6. The number of esters is 7. The van der Waals surface area contributed by atoms with Gasteiger partial charge in [-0.15, -0.1) is 0 Å². The van der Waals surface area contributed by atoms with Crippen molar-refractivity contribution in [1.29, 1.82) is 0 Å². The number of cyclic esters (lactones) is 1. The van der Waals surface area contributed by atoms with E-state index in [2.05, 4.69) is 4.98 Å². The van der Waals surface area contributed by atoms with Crippen molar-refractivity contribution >= 4 is 41.8 Å². The van der Waals surface area contributed by atoms with Gasteiger partial charge in [0.2, 0.25) is 0 Å². The second-order valence-electron chi connectivity index (χ2n) is 14.7. The van der Waals surface area contributed by atoms with Crippen LogP contribution in [-0.2, 0) is 66.7 Å². The molecule has 18 nitrogen and oxygen atoms in total. The van der Waals surface area contributed by atoms with E-state index in [1.807, 2.05) is 0 Å². The van der Waals surface area contributed by atoms with Crippen LogP contribution in [0.3, 0.4) is 0 Å². The SMILES string of the molecule is CC(=O)OC[C@@]12[C@H](OC(C)=O)[C@@H](O)[C@H]3[C@@H](OC(C)=O)[C@]14O[C@@]3(C)COC(=O)c1cccnc1[C@H](C)[C@H](C)C(=O)O[C@H]([C@H](OC(C)=O)[C@@H]2OC(C)=O)[C@]4(C)O. The predicted octanol–water partition coefficient (Wildman–Crippen LogP) is 0.463. The lowest BCUT2D eigenvalue weighted by Gasteiger charge is -2.67. The van der Waals surface area contributed by atoms with Crippen LogP contribution in [0.25, 0.3) is 0 Å². The molecule has 3 heterocycles. The molecule has 0 unspecified atom stereocenters. The molecule has 0 aromatic carbocycles. The number of carbonyl (C=O) groups excluding carboxylic acids is 7. The van der Waals surface area contributed by atoms with Crippen molar-refractivity contribution in [2.75, 3.05) is 13.2 Å². The minimum absolute atomic E-state index is 0.0246. The number of aliphatic hydroxyl groups is 2. The van der Waals surface area contributed by atoms with Gasteiger partial charge in [-0.1, -0.05) is 13.8 Å². The topological polar surface area (TPSA) is 247 Å². The second-order valence-corrected chi connectivity index (χ2v) is 14.7. The maximum atomic E-state index is 14.2. The van der Waals surface area contributed by atoms with Crippen LogP contribution in [-0.4, -0.2) is 124 Å². The first-order valence-corrected chi connectivity index (χ1v) is 17.3. The van der Waals surface area contributed by atoms with Crippen LogP contribution >= 0.6 is 0 Å². The van der Waals surface area contributed by atoms with E-state index in [9.17, 15) is 43.8 Å². The van der Waals surface area contributed by atoms with Gasteiger partial charge in [-0.25, -0.2) is 4.79 Å². The Morgan fingerprint density at radius 3 is 2.00 bits per heavy atom. The number of carbonyl (C=O) groups is 7. The van der Waals surface area contributed by atoms with Gasteiger partial charge >= 0.3 is 41.8 Å². The van der Waals surface area contributed by atoms with Gasteiger partial charge in [-0.05, 0) is 26.0 Å². The Labute approximate surface area is 310 Å². The van der Waals surface area contributed by atoms with Crippen molar-refractivity contribution in [1.82, 2.24) is 4.98 Å². The highest BCUT2D eigenvalue weighted by Crippen LogP contribution is 2.69. The Bertz CT molecular complexity index is 1740. The number of aromatic nitrogens is 1. The van der Waals surface area contributed by atoms with Crippen LogP contribution in [0.2, 0.25) is 0 Å². The molecule has 1 saturated heterocycles. The summed E-state index contributed by atoms with van der Waals surface area (Å²) in [6, 6.07) is 2.91. The van der Waals surface area contributed by atoms with Gasteiger partial charge in [-0.2, -0.15) is 0 Å². The highest BCUT2D eigenvalue weighted by molar-refractivity contribution is 5.91. The third-order valence-electron chi connectivity index (χ3n) is 11.2. The molecule has 2 aliphatic heterocycles. The molecule has 4 aliphatic rings. The summed E-state index contributed by atoms with van der Waals surface area (Å²) < 4.78 is 47.7. The van der Waals surface area contributed by atoms with Gasteiger partial charge in [0.15, 0.2) is 23.9 Å². The van der Waals surface area contributed by atoms with Crippen LogP contribution in [0.4, 0.5) is 0 Å². The third kappa shape index (κ3) is 6.17. The molecule has 296 valence electrons. The van der Waals surface area contributed by atoms with E-state index in [-0.39, 0.29) is 11.3 Å². The lowest BCUT2D eigenvalue weighted by Crippen LogP contribution is -2.89. The van der Waals surface area contributed by atoms with E-state index in [1.54, 1.807) is 6.92 Å². The van der Waals surface area contributed by atoms with Gasteiger partial charge in [-0.3, -0.25) is 33.8 Å². The molecule has 1 spiro atoms. The van der Waals surface area contributed by atoms with E-state index in [1.165, 1.54) is 32.2 Å². The third-order valence-corrected chi connectivity index (χ3v) is 11.2. The maximum Gasteiger partial charge on any atom is 0.340 e. The van der Waals surface area contributed by atoms with Crippen LogP contribution in [0, 0.1) is 17.3 Å². The number of fused-ring (bicyclic) bond motifs is 5. The van der Waals surface area contributed by atoms with E-state index in [4.69, 9.17) is 37.9 Å². The zero-order chi connectivity index (χ0) is 40.3. The van der Waals surface area contributed by atoms with E-state index >= 15 is 0 Å². The summed E-state index contributed by atoms with van der Waals surface area (Å²) in [5.41, 5.74) is -9.90. The summed E-state index contributed by atoms with van der Waals surface area (Å²) in [6.45, 7) is 8.75. The minimum Gasteiger partial charge on any atom is -0.465 e.